The zero-order valence-electron chi connectivity index (χ0n) is 9.61. The van der Waals surface area contributed by atoms with Gasteiger partial charge in [0, 0.05) is 5.69 Å². The minimum absolute atomic E-state index is 0.663. The molecule has 0 aliphatic rings. The van der Waals surface area contributed by atoms with Crippen LogP contribution in [0.4, 0.5) is 5.69 Å². The first-order chi connectivity index (χ1) is 8.60. The molecule has 0 saturated carbocycles. The standard InChI is InChI=1S/C13H11Br2NO2/c1-17-9-2-4-10(5-3-9)18-13-11(14)6-8(16)7-12(13)15/h2-7H,16H2,1H3. The maximum Gasteiger partial charge on any atom is 0.155 e. The normalized spacial score (nSPS) is 10.2. The summed E-state index contributed by atoms with van der Waals surface area (Å²) in [7, 11) is 1.63. The third-order valence-electron chi connectivity index (χ3n) is 2.30. The van der Waals surface area contributed by atoms with Gasteiger partial charge in [0.2, 0.25) is 0 Å². The summed E-state index contributed by atoms with van der Waals surface area (Å²) in [5, 5.41) is 0. The molecule has 18 heavy (non-hydrogen) atoms. The Labute approximate surface area is 122 Å². The molecular weight excluding hydrogens is 362 g/mol. The molecule has 0 spiro atoms. The molecule has 5 heteroatoms. The molecule has 0 aromatic heterocycles. The summed E-state index contributed by atoms with van der Waals surface area (Å²) in [5.74, 6) is 2.20. The van der Waals surface area contributed by atoms with Gasteiger partial charge in [-0.1, -0.05) is 0 Å². The van der Waals surface area contributed by atoms with E-state index in [2.05, 4.69) is 31.9 Å². The molecule has 0 aliphatic carbocycles. The predicted octanol–water partition coefficient (Wildman–Crippen LogP) is 4.59. The van der Waals surface area contributed by atoms with E-state index in [1.54, 1.807) is 19.2 Å². The highest BCUT2D eigenvalue weighted by atomic mass is 79.9. The Morgan fingerprint density at radius 3 is 1.94 bits per heavy atom. The summed E-state index contributed by atoms with van der Waals surface area (Å²) in [4.78, 5) is 0. The Bertz CT molecular complexity index is 532. The van der Waals surface area contributed by atoms with E-state index in [0.29, 0.717) is 11.4 Å². The van der Waals surface area contributed by atoms with Gasteiger partial charge in [0.25, 0.3) is 0 Å². The number of hydrogen-bond donors (Lipinski definition) is 1. The molecule has 0 heterocycles. The number of anilines is 1. The number of rotatable bonds is 3. The van der Waals surface area contributed by atoms with E-state index in [-0.39, 0.29) is 0 Å². The van der Waals surface area contributed by atoms with Gasteiger partial charge in [-0.25, -0.2) is 0 Å². The van der Waals surface area contributed by atoms with Gasteiger partial charge in [-0.3, -0.25) is 0 Å². The Hall–Kier alpha value is -1.20. The molecule has 0 fully saturated rings. The first-order valence-corrected chi connectivity index (χ1v) is 6.75. The second-order valence-electron chi connectivity index (χ2n) is 3.59. The smallest absolute Gasteiger partial charge is 0.155 e. The number of methoxy groups -OCH3 is 1. The van der Waals surface area contributed by atoms with Crippen LogP contribution in [0.25, 0.3) is 0 Å². The number of benzene rings is 2. The number of halogens is 2. The van der Waals surface area contributed by atoms with Gasteiger partial charge >= 0.3 is 0 Å². The average molecular weight is 373 g/mol. The van der Waals surface area contributed by atoms with Crippen molar-refractivity contribution in [3.05, 3.63) is 45.3 Å². The van der Waals surface area contributed by atoms with E-state index in [1.165, 1.54) is 0 Å². The molecule has 0 saturated heterocycles. The van der Waals surface area contributed by atoms with Crippen molar-refractivity contribution in [3.63, 3.8) is 0 Å². The number of nitrogen functional groups attached to an aromatic ring is 1. The van der Waals surface area contributed by atoms with Crippen LogP contribution in [-0.4, -0.2) is 7.11 Å². The third-order valence-corrected chi connectivity index (χ3v) is 3.48. The van der Waals surface area contributed by atoms with Gasteiger partial charge in [-0.15, -0.1) is 0 Å². The minimum atomic E-state index is 0.663. The zero-order valence-corrected chi connectivity index (χ0v) is 12.8. The largest absolute Gasteiger partial charge is 0.497 e. The lowest BCUT2D eigenvalue weighted by molar-refractivity contribution is 0.412. The molecule has 2 rings (SSSR count). The molecule has 2 aromatic carbocycles. The fourth-order valence-corrected chi connectivity index (χ4v) is 2.82. The van der Waals surface area contributed by atoms with Crippen molar-refractivity contribution >= 4 is 37.5 Å². The van der Waals surface area contributed by atoms with Crippen LogP contribution >= 0.6 is 31.9 Å². The fraction of sp³-hybridized carbons (Fsp3) is 0.0769. The van der Waals surface area contributed by atoms with Crippen LogP contribution in [0.3, 0.4) is 0 Å². The maximum absolute atomic E-state index is 5.79. The lowest BCUT2D eigenvalue weighted by Crippen LogP contribution is -1.91. The lowest BCUT2D eigenvalue weighted by atomic mass is 10.3. The van der Waals surface area contributed by atoms with Crippen molar-refractivity contribution in [2.45, 2.75) is 0 Å². The highest BCUT2D eigenvalue weighted by Crippen LogP contribution is 2.38. The first-order valence-electron chi connectivity index (χ1n) is 5.16. The lowest BCUT2D eigenvalue weighted by Gasteiger charge is -2.11. The molecule has 2 aromatic rings. The number of nitrogens with two attached hydrogens (primary N) is 1. The second kappa shape index (κ2) is 5.63. The molecule has 0 unspecified atom stereocenters. The molecule has 3 nitrogen and oxygen atoms in total. The van der Waals surface area contributed by atoms with Gasteiger partial charge in [0.05, 0.1) is 16.1 Å². The molecular formula is C13H11Br2NO2. The topological polar surface area (TPSA) is 44.5 Å². The van der Waals surface area contributed by atoms with Gasteiger partial charge < -0.3 is 15.2 Å². The molecule has 0 radical (unpaired) electrons. The predicted molar refractivity (Wildman–Crippen MR) is 79.3 cm³/mol. The summed E-state index contributed by atoms with van der Waals surface area (Å²) in [5.41, 5.74) is 6.39. The zero-order chi connectivity index (χ0) is 13.1. The maximum atomic E-state index is 5.79. The Morgan fingerprint density at radius 2 is 1.44 bits per heavy atom. The number of hydrogen-bond acceptors (Lipinski definition) is 3. The van der Waals surface area contributed by atoms with Gasteiger partial charge in [0.15, 0.2) is 5.75 Å². The molecule has 0 atom stereocenters. The van der Waals surface area contributed by atoms with Crippen molar-refractivity contribution in [3.8, 4) is 17.2 Å². The average Bonchev–Trinajstić information content (AvgIpc) is 2.34. The van der Waals surface area contributed by atoms with Crippen molar-refractivity contribution in [1.29, 1.82) is 0 Å². The first kappa shape index (κ1) is 13.2. The van der Waals surface area contributed by atoms with E-state index in [9.17, 15) is 0 Å². The van der Waals surface area contributed by atoms with Crippen LogP contribution in [0.1, 0.15) is 0 Å². The van der Waals surface area contributed by atoms with Crippen molar-refractivity contribution < 1.29 is 9.47 Å². The second-order valence-corrected chi connectivity index (χ2v) is 5.30. The van der Waals surface area contributed by atoms with Crippen LogP contribution in [-0.2, 0) is 0 Å². The molecule has 0 aliphatic heterocycles. The van der Waals surface area contributed by atoms with Gasteiger partial charge in [-0.2, -0.15) is 0 Å². The monoisotopic (exact) mass is 371 g/mol. The summed E-state index contributed by atoms with van der Waals surface area (Å²) in [6.45, 7) is 0. The fourth-order valence-electron chi connectivity index (χ4n) is 1.44. The number of ether oxygens (including phenoxy) is 2. The molecule has 94 valence electrons. The quantitative estimate of drug-likeness (QED) is 0.801. The van der Waals surface area contributed by atoms with E-state index in [4.69, 9.17) is 15.2 Å². The Morgan fingerprint density at radius 1 is 0.944 bits per heavy atom. The van der Waals surface area contributed by atoms with Crippen molar-refractivity contribution in [1.82, 2.24) is 0 Å². The third kappa shape index (κ3) is 2.97. The highest BCUT2D eigenvalue weighted by molar-refractivity contribution is 9.11. The van der Waals surface area contributed by atoms with Crippen LogP contribution in [0, 0.1) is 0 Å². The summed E-state index contributed by atoms with van der Waals surface area (Å²) in [6.07, 6.45) is 0. The van der Waals surface area contributed by atoms with Gasteiger partial charge in [-0.05, 0) is 68.3 Å². The van der Waals surface area contributed by atoms with E-state index >= 15 is 0 Å². The van der Waals surface area contributed by atoms with Gasteiger partial charge in [0.1, 0.15) is 11.5 Å². The molecule has 0 amide bonds. The van der Waals surface area contributed by atoms with E-state index in [0.717, 1.165) is 20.4 Å². The highest BCUT2D eigenvalue weighted by Gasteiger charge is 2.09. The van der Waals surface area contributed by atoms with Crippen molar-refractivity contribution in [2.75, 3.05) is 12.8 Å². The SMILES string of the molecule is COc1ccc(Oc2c(Br)cc(N)cc2Br)cc1. The van der Waals surface area contributed by atoms with Crippen LogP contribution in [0.15, 0.2) is 45.3 Å². The summed E-state index contributed by atoms with van der Waals surface area (Å²) >= 11 is 6.85. The molecule has 2 N–H and O–H groups in total. The van der Waals surface area contributed by atoms with Crippen molar-refractivity contribution in [2.24, 2.45) is 0 Å². The van der Waals surface area contributed by atoms with Crippen LogP contribution in [0.5, 0.6) is 17.2 Å². The molecule has 0 bridgehead atoms. The van der Waals surface area contributed by atoms with Crippen LogP contribution in [0.2, 0.25) is 0 Å². The minimum Gasteiger partial charge on any atom is -0.497 e. The Balaban J connectivity index is 2.28. The van der Waals surface area contributed by atoms with Crippen LogP contribution < -0.4 is 15.2 Å². The van der Waals surface area contributed by atoms with E-state index in [1.807, 2.05) is 24.3 Å². The summed E-state index contributed by atoms with van der Waals surface area (Å²) < 4.78 is 12.5. The Kier molecular flexibility index (Phi) is 4.14. The van der Waals surface area contributed by atoms with E-state index < -0.39 is 0 Å². The summed E-state index contributed by atoms with van der Waals surface area (Å²) in [6, 6.07) is 11.0.